The number of nitrogens with one attached hydrogen (secondary N) is 1. The number of hydrogen-bond acceptors (Lipinski definition) is 4. The van der Waals surface area contributed by atoms with Gasteiger partial charge in [-0.05, 0) is 30.7 Å². The van der Waals surface area contributed by atoms with Crippen LogP contribution in [-0.4, -0.2) is 23.0 Å². The largest absolute Gasteiger partial charge is 0.496 e. The Morgan fingerprint density at radius 2 is 2.11 bits per heavy atom. The number of ether oxygens (including phenoxy) is 1. The average Bonchev–Trinajstić information content (AvgIpc) is 2.39. The van der Waals surface area contributed by atoms with Crippen molar-refractivity contribution in [1.82, 2.24) is 9.97 Å². The molecular weight excluding hydrogens is 266 g/mol. The summed E-state index contributed by atoms with van der Waals surface area (Å²) in [5, 5.41) is 2.98. The summed E-state index contributed by atoms with van der Waals surface area (Å²) >= 11 is 5.61. The molecule has 0 unspecified atom stereocenters. The van der Waals surface area contributed by atoms with Crippen LogP contribution in [0.5, 0.6) is 5.75 Å². The molecule has 1 aromatic heterocycles. The number of aryl methyl sites for hydroxylation is 1. The number of aromatic nitrogens is 2. The lowest BCUT2D eigenvalue weighted by Gasteiger charge is -2.08. The van der Waals surface area contributed by atoms with E-state index in [0.717, 1.165) is 11.3 Å². The summed E-state index contributed by atoms with van der Waals surface area (Å²) in [6.45, 7) is 1.90. The Bertz CT molecular complexity index is 599. The van der Waals surface area contributed by atoms with Crippen LogP contribution in [0.2, 0.25) is 5.15 Å². The molecular formula is C13H12ClN3O2. The molecule has 0 radical (unpaired) electrons. The van der Waals surface area contributed by atoms with E-state index >= 15 is 0 Å². The van der Waals surface area contributed by atoms with Gasteiger partial charge in [0.15, 0.2) is 0 Å². The molecule has 1 heterocycles. The number of halogens is 1. The van der Waals surface area contributed by atoms with Gasteiger partial charge in [-0.15, -0.1) is 0 Å². The zero-order chi connectivity index (χ0) is 13.8. The standard InChI is InChI=1S/C13H12ClN3O2/c1-8-5-9(3-4-11(8)19-2)17-13(18)10-6-16-12(14)7-15-10/h3-7H,1-2H3,(H,17,18). The molecule has 98 valence electrons. The molecule has 2 rings (SSSR count). The molecule has 0 spiro atoms. The number of amides is 1. The van der Waals surface area contributed by atoms with Crippen molar-refractivity contribution in [2.75, 3.05) is 12.4 Å². The molecule has 0 fully saturated rings. The third kappa shape index (κ3) is 3.20. The normalized spacial score (nSPS) is 10.1. The van der Waals surface area contributed by atoms with Crippen molar-refractivity contribution in [2.24, 2.45) is 0 Å². The predicted octanol–water partition coefficient (Wildman–Crippen LogP) is 2.70. The summed E-state index contributed by atoms with van der Waals surface area (Å²) in [5.41, 5.74) is 1.81. The third-order valence-corrected chi connectivity index (χ3v) is 2.70. The Labute approximate surface area is 115 Å². The van der Waals surface area contributed by atoms with E-state index in [2.05, 4.69) is 15.3 Å². The predicted molar refractivity (Wildman–Crippen MR) is 72.7 cm³/mol. The highest BCUT2D eigenvalue weighted by Crippen LogP contribution is 2.21. The van der Waals surface area contributed by atoms with Crippen LogP contribution in [0.15, 0.2) is 30.6 Å². The van der Waals surface area contributed by atoms with Crippen molar-refractivity contribution in [3.05, 3.63) is 47.0 Å². The van der Waals surface area contributed by atoms with Crippen molar-refractivity contribution in [1.29, 1.82) is 0 Å². The van der Waals surface area contributed by atoms with Crippen LogP contribution in [0.1, 0.15) is 16.1 Å². The van der Waals surface area contributed by atoms with E-state index in [1.54, 1.807) is 19.2 Å². The summed E-state index contributed by atoms with van der Waals surface area (Å²) in [6, 6.07) is 5.37. The van der Waals surface area contributed by atoms with Gasteiger partial charge in [0.1, 0.15) is 16.6 Å². The fourth-order valence-corrected chi connectivity index (χ4v) is 1.68. The highest BCUT2D eigenvalue weighted by Gasteiger charge is 2.09. The second-order valence-corrected chi connectivity index (χ2v) is 4.25. The Morgan fingerprint density at radius 3 is 2.68 bits per heavy atom. The first-order valence-corrected chi connectivity index (χ1v) is 5.91. The molecule has 0 aliphatic heterocycles. The molecule has 1 amide bonds. The van der Waals surface area contributed by atoms with E-state index in [1.807, 2.05) is 13.0 Å². The molecule has 19 heavy (non-hydrogen) atoms. The smallest absolute Gasteiger partial charge is 0.275 e. The van der Waals surface area contributed by atoms with Gasteiger partial charge in [0, 0.05) is 5.69 Å². The molecule has 0 atom stereocenters. The summed E-state index contributed by atoms with van der Waals surface area (Å²) < 4.78 is 5.15. The maximum Gasteiger partial charge on any atom is 0.275 e. The monoisotopic (exact) mass is 277 g/mol. The van der Waals surface area contributed by atoms with Gasteiger partial charge in [-0.2, -0.15) is 0 Å². The fraction of sp³-hybridized carbons (Fsp3) is 0.154. The van der Waals surface area contributed by atoms with Gasteiger partial charge in [-0.3, -0.25) is 4.79 Å². The quantitative estimate of drug-likeness (QED) is 0.937. The van der Waals surface area contributed by atoms with Gasteiger partial charge in [0.25, 0.3) is 5.91 Å². The first-order valence-electron chi connectivity index (χ1n) is 5.53. The SMILES string of the molecule is COc1ccc(NC(=O)c2cnc(Cl)cn2)cc1C. The molecule has 6 heteroatoms. The molecule has 1 aromatic carbocycles. The lowest BCUT2D eigenvalue weighted by molar-refractivity contribution is 0.102. The van der Waals surface area contributed by atoms with Crippen LogP contribution in [-0.2, 0) is 0 Å². The van der Waals surface area contributed by atoms with E-state index in [4.69, 9.17) is 16.3 Å². The van der Waals surface area contributed by atoms with Gasteiger partial charge in [0.2, 0.25) is 0 Å². The lowest BCUT2D eigenvalue weighted by Crippen LogP contribution is -2.14. The van der Waals surface area contributed by atoms with Crippen molar-refractivity contribution in [3.63, 3.8) is 0 Å². The number of anilines is 1. The van der Waals surface area contributed by atoms with Crippen LogP contribution in [0.3, 0.4) is 0 Å². The maximum atomic E-state index is 11.9. The van der Waals surface area contributed by atoms with Crippen molar-refractivity contribution >= 4 is 23.2 Å². The number of hydrogen-bond donors (Lipinski definition) is 1. The number of methoxy groups -OCH3 is 1. The van der Waals surface area contributed by atoms with Crippen LogP contribution in [0.4, 0.5) is 5.69 Å². The third-order valence-electron chi connectivity index (χ3n) is 2.51. The highest BCUT2D eigenvalue weighted by atomic mass is 35.5. The minimum Gasteiger partial charge on any atom is -0.496 e. The van der Waals surface area contributed by atoms with E-state index in [9.17, 15) is 4.79 Å². The second kappa shape index (κ2) is 5.67. The summed E-state index contributed by atoms with van der Waals surface area (Å²) in [5.74, 6) is 0.429. The fourth-order valence-electron chi connectivity index (χ4n) is 1.58. The van der Waals surface area contributed by atoms with Crippen molar-refractivity contribution < 1.29 is 9.53 Å². The number of carbonyl (C=O) groups is 1. The first kappa shape index (κ1) is 13.3. The summed E-state index contributed by atoms with van der Waals surface area (Å²) in [6.07, 6.45) is 2.66. The zero-order valence-electron chi connectivity index (χ0n) is 10.5. The van der Waals surface area contributed by atoms with Crippen LogP contribution < -0.4 is 10.1 Å². The van der Waals surface area contributed by atoms with Crippen LogP contribution in [0, 0.1) is 6.92 Å². The molecule has 1 N–H and O–H groups in total. The van der Waals surface area contributed by atoms with Crippen molar-refractivity contribution in [2.45, 2.75) is 6.92 Å². The Hall–Kier alpha value is -2.14. The highest BCUT2D eigenvalue weighted by molar-refractivity contribution is 6.29. The molecule has 0 aliphatic rings. The van der Waals surface area contributed by atoms with Crippen molar-refractivity contribution in [3.8, 4) is 5.75 Å². The Balaban J connectivity index is 2.14. The number of nitrogens with zero attached hydrogens (tertiary/aromatic N) is 2. The molecule has 0 bridgehead atoms. The van der Waals surface area contributed by atoms with Gasteiger partial charge < -0.3 is 10.1 Å². The average molecular weight is 278 g/mol. The lowest BCUT2D eigenvalue weighted by atomic mass is 10.2. The van der Waals surface area contributed by atoms with E-state index < -0.39 is 0 Å². The number of carbonyl (C=O) groups excluding carboxylic acids is 1. The van der Waals surface area contributed by atoms with E-state index in [-0.39, 0.29) is 16.8 Å². The Kier molecular flexibility index (Phi) is 3.97. The topological polar surface area (TPSA) is 64.1 Å². The van der Waals surface area contributed by atoms with Gasteiger partial charge in [-0.25, -0.2) is 9.97 Å². The zero-order valence-corrected chi connectivity index (χ0v) is 11.2. The molecule has 0 saturated carbocycles. The molecule has 0 saturated heterocycles. The van der Waals surface area contributed by atoms with Gasteiger partial charge in [-0.1, -0.05) is 11.6 Å². The molecule has 2 aromatic rings. The number of benzene rings is 1. The molecule has 5 nitrogen and oxygen atoms in total. The minimum absolute atomic E-state index is 0.206. The first-order chi connectivity index (χ1) is 9.10. The van der Waals surface area contributed by atoms with Crippen LogP contribution in [0.25, 0.3) is 0 Å². The minimum atomic E-state index is -0.339. The van der Waals surface area contributed by atoms with Crippen LogP contribution >= 0.6 is 11.6 Å². The Morgan fingerprint density at radius 1 is 1.32 bits per heavy atom. The van der Waals surface area contributed by atoms with Gasteiger partial charge >= 0.3 is 0 Å². The van der Waals surface area contributed by atoms with E-state index in [0.29, 0.717) is 5.69 Å². The van der Waals surface area contributed by atoms with E-state index in [1.165, 1.54) is 12.4 Å². The summed E-state index contributed by atoms with van der Waals surface area (Å²) in [4.78, 5) is 19.6. The summed E-state index contributed by atoms with van der Waals surface area (Å²) in [7, 11) is 1.60. The number of rotatable bonds is 3. The van der Waals surface area contributed by atoms with Gasteiger partial charge in [0.05, 0.1) is 19.5 Å². The maximum absolute atomic E-state index is 11.9. The molecule has 0 aliphatic carbocycles. The second-order valence-electron chi connectivity index (χ2n) is 3.86.